The van der Waals surface area contributed by atoms with E-state index in [0.717, 1.165) is 0 Å². The molecule has 0 spiro atoms. The first-order valence-corrected chi connectivity index (χ1v) is 6.11. The van der Waals surface area contributed by atoms with Crippen molar-refractivity contribution in [2.45, 2.75) is 0 Å². The van der Waals surface area contributed by atoms with Gasteiger partial charge in [0, 0.05) is 22.7 Å². The number of nitrogens with zero attached hydrogens (tertiary/aromatic N) is 1. The first kappa shape index (κ1) is 14.1. The van der Waals surface area contributed by atoms with Crippen LogP contribution in [0.25, 0.3) is 11.1 Å². The van der Waals surface area contributed by atoms with Crippen LogP contribution in [0, 0.1) is 10.1 Å². The van der Waals surface area contributed by atoms with Gasteiger partial charge in [-0.2, -0.15) is 0 Å². The Kier molecular flexibility index (Phi) is 4.10. The van der Waals surface area contributed by atoms with E-state index in [0.29, 0.717) is 27.6 Å². The molecule has 6 heteroatoms. The average molecular weight is 294 g/mol. The Morgan fingerprint density at radius 1 is 1.05 bits per heavy atom. The van der Waals surface area contributed by atoms with Crippen LogP contribution in [0.4, 0.5) is 5.69 Å². The molecule has 0 heterocycles. The van der Waals surface area contributed by atoms with Crippen LogP contribution in [-0.2, 0) is 0 Å². The number of methoxy groups -OCH3 is 2. The third-order valence-corrected chi connectivity index (χ3v) is 3.09. The predicted octanol–water partition coefficient (Wildman–Crippen LogP) is 3.93. The minimum Gasteiger partial charge on any atom is -0.497 e. The lowest BCUT2D eigenvalue weighted by molar-refractivity contribution is -0.384. The maximum absolute atomic E-state index is 11.2. The van der Waals surface area contributed by atoms with Crippen molar-refractivity contribution >= 4 is 17.3 Å². The predicted molar refractivity (Wildman–Crippen MR) is 76.6 cm³/mol. The van der Waals surface area contributed by atoms with Gasteiger partial charge >= 0.3 is 0 Å². The fourth-order valence-corrected chi connectivity index (χ4v) is 2.07. The summed E-state index contributed by atoms with van der Waals surface area (Å²) in [7, 11) is 3.04. The second-order valence-electron chi connectivity index (χ2n) is 3.98. The summed E-state index contributed by atoms with van der Waals surface area (Å²) in [5.41, 5.74) is 0.983. The number of benzene rings is 2. The molecule has 0 bridgehead atoms. The summed E-state index contributed by atoms with van der Waals surface area (Å²) < 4.78 is 10.4. The Balaban J connectivity index is 2.65. The first-order chi connectivity index (χ1) is 9.56. The molecule has 0 atom stereocenters. The van der Waals surface area contributed by atoms with Gasteiger partial charge in [0.15, 0.2) is 0 Å². The van der Waals surface area contributed by atoms with Crippen molar-refractivity contribution in [2.24, 2.45) is 0 Å². The fourth-order valence-electron chi connectivity index (χ4n) is 1.90. The van der Waals surface area contributed by atoms with Crippen molar-refractivity contribution in [1.82, 2.24) is 0 Å². The molecule has 5 nitrogen and oxygen atoms in total. The second-order valence-corrected chi connectivity index (χ2v) is 4.42. The number of nitro benzene ring substituents is 1. The van der Waals surface area contributed by atoms with E-state index in [-0.39, 0.29) is 5.69 Å². The molecule has 20 heavy (non-hydrogen) atoms. The van der Waals surface area contributed by atoms with Gasteiger partial charge < -0.3 is 9.47 Å². The van der Waals surface area contributed by atoms with Crippen LogP contribution in [0.3, 0.4) is 0 Å². The van der Waals surface area contributed by atoms with Crippen LogP contribution in [0.5, 0.6) is 11.5 Å². The maximum Gasteiger partial charge on any atom is 0.278 e. The minimum atomic E-state index is -0.467. The highest BCUT2D eigenvalue weighted by Crippen LogP contribution is 2.39. The zero-order valence-corrected chi connectivity index (χ0v) is 11.7. The van der Waals surface area contributed by atoms with E-state index in [2.05, 4.69) is 0 Å². The van der Waals surface area contributed by atoms with Crippen molar-refractivity contribution in [3.63, 3.8) is 0 Å². The monoisotopic (exact) mass is 293 g/mol. The van der Waals surface area contributed by atoms with E-state index in [1.807, 2.05) is 0 Å². The normalized spacial score (nSPS) is 10.2. The molecular weight excluding hydrogens is 282 g/mol. The van der Waals surface area contributed by atoms with Gasteiger partial charge in [-0.1, -0.05) is 11.6 Å². The Hall–Kier alpha value is -2.27. The van der Waals surface area contributed by atoms with Crippen molar-refractivity contribution in [1.29, 1.82) is 0 Å². The summed E-state index contributed by atoms with van der Waals surface area (Å²) in [6, 6.07) is 9.64. The van der Waals surface area contributed by atoms with Crippen molar-refractivity contribution < 1.29 is 14.4 Å². The highest BCUT2D eigenvalue weighted by Gasteiger charge is 2.19. The van der Waals surface area contributed by atoms with Crippen LogP contribution in [0.15, 0.2) is 36.4 Å². The number of hydrogen-bond donors (Lipinski definition) is 0. The van der Waals surface area contributed by atoms with Gasteiger partial charge in [0.2, 0.25) is 0 Å². The van der Waals surface area contributed by atoms with E-state index in [4.69, 9.17) is 21.1 Å². The number of hydrogen-bond acceptors (Lipinski definition) is 4. The molecule has 0 aliphatic rings. The Bertz CT molecular complexity index is 658. The summed E-state index contributed by atoms with van der Waals surface area (Å²) in [5, 5.41) is 11.5. The van der Waals surface area contributed by atoms with Gasteiger partial charge in [-0.15, -0.1) is 0 Å². The van der Waals surface area contributed by atoms with Crippen LogP contribution in [0.2, 0.25) is 5.02 Å². The molecule has 0 radical (unpaired) electrons. The highest BCUT2D eigenvalue weighted by atomic mass is 35.5. The molecule has 0 fully saturated rings. The largest absolute Gasteiger partial charge is 0.497 e. The molecular formula is C14H12ClNO4. The highest BCUT2D eigenvalue weighted by molar-refractivity contribution is 6.31. The summed E-state index contributed by atoms with van der Waals surface area (Å²) >= 11 is 5.81. The third kappa shape index (κ3) is 2.67. The van der Waals surface area contributed by atoms with Crippen molar-refractivity contribution in [3.05, 3.63) is 51.5 Å². The lowest BCUT2D eigenvalue weighted by atomic mass is 10.0. The third-order valence-electron chi connectivity index (χ3n) is 2.86. The van der Waals surface area contributed by atoms with Gasteiger partial charge in [0.1, 0.15) is 11.5 Å². The van der Waals surface area contributed by atoms with E-state index in [1.54, 1.807) is 37.4 Å². The van der Waals surface area contributed by atoms with Crippen LogP contribution < -0.4 is 9.47 Å². The molecule has 2 aromatic carbocycles. The number of nitro groups is 1. The van der Waals surface area contributed by atoms with Gasteiger partial charge in [-0.05, 0) is 24.3 Å². The number of rotatable bonds is 4. The van der Waals surface area contributed by atoms with Gasteiger partial charge in [-0.3, -0.25) is 10.1 Å². The molecule has 2 aromatic rings. The summed E-state index contributed by atoms with van der Waals surface area (Å²) in [6.07, 6.45) is 0. The molecule has 0 aromatic heterocycles. The SMILES string of the molecule is COc1ccc(-c2ccc(Cl)cc2[N+](=O)[O-])c(OC)c1. The molecule has 0 saturated heterocycles. The molecule has 0 saturated carbocycles. The van der Waals surface area contributed by atoms with Crippen molar-refractivity contribution in [3.8, 4) is 22.6 Å². The van der Waals surface area contributed by atoms with E-state index >= 15 is 0 Å². The minimum absolute atomic E-state index is 0.0685. The molecule has 2 rings (SSSR count). The average Bonchev–Trinajstić information content (AvgIpc) is 2.46. The molecule has 0 aliphatic heterocycles. The zero-order valence-electron chi connectivity index (χ0n) is 10.9. The van der Waals surface area contributed by atoms with E-state index < -0.39 is 4.92 Å². The van der Waals surface area contributed by atoms with Gasteiger partial charge in [0.05, 0.1) is 24.7 Å². The Morgan fingerprint density at radius 2 is 1.75 bits per heavy atom. The number of ether oxygens (including phenoxy) is 2. The van der Waals surface area contributed by atoms with Crippen molar-refractivity contribution in [2.75, 3.05) is 14.2 Å². The quantitative estimate of drug-likeness (QED) is 0.633. The van der Waals surface area contributed by atoms with Crippen LogP contribution >= 0.6 is 11.6 Å². The van der Waals surface area contributed by atoms with Gasteiger partial charge in [0.25, 0.3) is 5.69 Å². The lowest BCUT2D eigenvalue weighted by Crippen LogP contribution is -1.95. The van der Waals surface area contributed by atoms with Gasteiger partial charge in [-0.25, -0.2) is 0 Å². The molecule has 104 valence electrons. The summed E-state index contributed by atoms with van der Waals surface area (Å²) in [4.78, 5) is 10.7. The Labute approximate surface area is 120 Å². The topological polar surface area (TPSA) is 61.6 Å². The maximum atomic E-state index is 11.2. The zero-order chi connectivity index (χ0) is 14.7. The van der Waals surface area contributed by atoms with Crippen LogP contribution in [-0.4, -0.2) is 19.1 Å². The second kappa shape index (κ2) is 5.79. The van der Waals surface area contributed by atoms with E-state index in [1.165, 1.54) is 13.2 Å². The fraction of sp³-hybridized carbons (Fsp3) is 0.143. The standard InChI is InChI=1S/C14H12ClNO4/c1-19-10-4-6-12(14(8-10)20-2)11-5-3-9(15)7-13(11)16(17)18/h3-8H,1-2H3. The molecule has 0 aliphatic carbocycles. The van der Waals surface area contributed by atoms with Crippen LogP contribution in [0.1, 0.15) is 0 Å². The summed E-state index contributed by atoms with van der Waals surface area (Å²) in [6.45, 7) is 0. The smallest absolute Gasteiger partial charge is 0.278 e. The molecule has 0 N–H and O–H groups in total. The molecule has 0 amide bonds. The molecule has 0 unspecified atom stereocenters. The van der Waals surface area contributed by atoms with E-state index in [9.17, 15) is 10.1 Å². The number of halogens is 1. The Morgan fingerprint density at radius 3 is 2.35 bits per heavy atom. The first-order valence-electron chi connectivity index (χ1n) is 5.73. The summed E-state index contributed by atoms with van der Waals surface area (Å²) in [5.74, 6) is 1.11. The lowest BCUT2D eigenvalue weighted by Gasteiger charge is -2.11.